The fourth-order valence-electron chi connectivity index (χ4n) is 1.68. The number of ether oxygens (including phenoxy) is 2. The zero-order valence-corrected chi connectivity index (χ0v) is 9.26. The summed E-state index contributed by atoms with van der Waals surface area (Å²) < 4.78 is 10.8. The lowest BCUT2D eigenvalue weighted by Crippen LogP contribution is -2.12. The molecule has 3 nitrogen and oxygen atoms in total. The molecule has 0 aromatic carbocycles. The molecule has 0 aromatic heterocycles. The SMILES string of the molecule is CCCOCCOCCC1CCNC1. The highest BCUT2D eigenvalue weighted by molar-refractivity contribution is 4.70. The second-order valence-electron chi connectivity index (χ2n) is 3.87. The van der Waals surface area contributed by atoms with Crippen molar-refractivity contribution in [3.63, 3.8) is 0 Å². The molecule has 1 saturated heterocycles. The van der Waals surface area contributed by atoms with Gasteiger partial charge in [0.2, 0.25) is 0 Å². The van der Waals surface area contributed by atoms with E-state index in [1.807, 2.05) is 0 Å². The normalized spacial score (nSPS) is 21.6. The molecule has 1 atom stereocenters. The molecule has 0 amide bonds. The van der Waals surface area contributed by atoms with Crippen LogP contribution in [0, 0.1) is 5.92 Å². The van der Waals surface area contributed by atoms with Gasteiger partial charge in [-0.05, 0) is 38.3 Å². The molecule has 0 spiro atoms. The van der Waals surface area contributed by atoms with Gasteiger partial charge in [-0.3, -0.25) is 0 Å². The lowest BCUT2D eigenvalue weighted by molar-refractivity contribution is 0.0437. The van der Waals surface area contributed by atoms with Gasteiger partial charge in [0, 0.05) is 13.2 Å². The summed E-state index contributed by atoms with van der Waals surface area (Å²) in [6, 6.07) is 0. The minimum absolute atomic E-state index is 0.747. The van der Waals surface area contributed by atoms with Gasteiger partial charge in [-0.25, -0.2) is 0 Å². The van der Waals surface area contributed by atoms with E-state index in [1.165, 1.54) is 25.9 Å². The van der Waals surface area contributed by atoms with Gasteiger partial charge in [-0.15, -0.1) is 0 Å². The third-order valence-corrected chi connectivity index (χ3v) is 2.55. The molecule has 0 radical (unpaired) electrons. The molecule has 84 valence electrons. The molecule has 1 aliphatic heterocycles. The molecule has 0 aromatic rings. The Balaban J connectivity index is 1.75. The molecule has 14 heavy (non-hydrogen) atoms. The van der Waals surface area contributed by atoms with Gasteiger partial charge in [-0.1, -0.05) is 6.92 Å². The molecule has 1 N–H and O–H groups in total. The minimum Gasteiger partial charge on any atom is -0.379 e. The predicted octanol–water partition coefficient (Wildman–Crippen LogP) is 1.43. The Kier molecular flexibility index (Phi) is 7.01. The molecule has 3 heteroatoms. The van der Waals surface area contributed by atoms with E-state index in [4.69, 9.17) is 9.47 Å². The summed E-state index contributed by atoms with van der Waals surface area (Å²) in [4.78, 5) is 0. The minimum atomic E-state index is 0.747. The average Bonchev–Trinajstić information content (AvgIpc) is 2.69. The average molecular weight is 201 g/mol. The Morgan fingerprint density at radius 3 is 2.57 bits per heavy atom. The van der Waals surface area contributed by atoms with Crippen LogP contribution in [0.5, 0.6) is 0 Å². The molecular weight excluding hydrogens is 178 g/mol. The van der Waals surface area contributed by atoms with Gasteiger partial charge in [0.15, 0.2) is 0 Å². The first-order chi connectivity index (χ1) is 6.93. The van der Waals surface area contributed by atoms with Crippen molar-refractivity contribution in [2.24, 2.45) is 5.92 Å². The van der Waals surface area contributed by atoms with Crippen molar-refractivity contribution in [2.45, 2.75) is 26.2 Å². The van der Waals surface area contributed by atoms with Crippen molar-refractivity contribution in [1.82, 2.24) is 5.32 Å². The molecule has 1 aliphatic rings. The first-order valence-electron chi connectivity index (χ1n) is 5.79. The van der Waals surface area contributed by atoms with Crippen LogP contribution in [-0.4, -0.2) is 39.5 Å². The fourth-order valence-corrected chi connectivity index (χ4v) is 1.68. The number of rotatable bonds is 8. The third-order valence-electron chi connectivity index (χ3n) is 2.55. The number of hydrogen-bond donors (Lipinski definition) is 1. The fraction of sp³-hybridized carbons (Fsp3) is 1.00. The summed E-state index contributed by atoms with van der Waals surface area (Å²) in [5.41, 5.74) is 0. The van der Waals surface area contributed by atoms with E-state index in [0.29, 0.717) is 0 Å². The van der Waals surface area contributed by atoms with Crippen molar-refractivity contribution in [3.05, 3.63) is 0 Å². The van der Waals surface area contributed by atoms with Crippen LogP contribution in [0.3, 0.4) is 0 Å². The zero-order valence-electron chi connectivity index (χ0n) is 9.26. The summed E-state index contributed by atoms with van der Waals surface area (Å²) in [7, 11) is 0. The van der Waals surface area contributed by atoms with E-state index < -0.39 is 0 Å². The maximum atomic E-state index is 5.49. The van der Waals surface area contributed by atoms with Gasteiger partial charge in [0.25, 0.3) is 0 Å². The second kappa shape index (κ2) is 8.21. The van der Waals surface area contributed by atoms with E-state index >= 15 is 0 Å². The Morgan fingerprint density at radius 2 is 1.93 bits per heavy atom. The number of hydrogen-bond acceptors (Lipinski definition) is 3. The number of nitrogens with one attached hydrogen (secondary N) is 1. The lowest BCUT2D eigenvalue weighted by atomic mass is 10.1. The maximum absolute atomic E-state index is 5.49. The highest BCUT2D eigenvalue weighted by Crippen LogP contribution is 2.11. The van der Waals surface area contributed by atoms with E-state index in [1.54, 1.807) is 0 Å². The monoisotopic (exact) mass is 201 g/mol. The van der Waals surface area contributed by atoms with Crippen LogP contribution < -0.4 is 5.32 Å². The van der Waals surface area contributed by atoms with Crippen molar-refractivity contribution in [1.29, 1.82) is 0 Å². The summed E-state index contributed by atoms with van der Waals surface area (Å²) in [6.07, 6.45) is 3.60. The Morgan fingerprint density at radius 1 is 1.14 bits per heavy atom. The molecule has 0 aliphatic carbocycles. The van der Waals surface area contributed by atoms with Gasteiger partial charge < -0.3 is 14.8 Å². The predicted molar refractivity (Wildman–Crippen MR) is 57.5 cm³/mol. The first-order valence-corrected chi connectivity index (χ1v) is 5.79. The molecule has 1 heterocycles. The standard InChI is InChI=1S/C11H23NO2/c1-2-6-13-8-9-14-7-4-11-3-5-12-10-11/h11-12H,2-10H2,1H3. The van der Waals surface area contributed by atoms with Crippen LogP contribution in [-0.2, 0) is 9.47 Å². The van der Waals surface area contributed by atoms with Crippen LogP contribution in [0.15, 0.2) is 0 Å². The first kappa shape index (κ1) is 12.0. The van der Waals surface area contributed by atoms with Gasteiger partial charge in [-0.2, -0.15) is 0 Å². The van der Waals surface area contributed by atoms with E-state index in [9.17, 15) is 0 Å². The van der Waals surface area contributed by atoms with Crippen molar-refractivity contribution >= 4 is 0 Å². The Bertz CT molecular complexity index is 124. The summed E-state index contributed by atoms with van der Waals surface area (Å²) in [6.45, 7) is 7.72. The summed E-state index contributed by atoms with van der Waals surface area (Å²) >= 11 is 0. The molecule has 1 unspecified atom stereocenters. The molecule has 1 fully saturated rings. The van der Waals surface area contributed by atoms with Crippen molar-refractivity contribution in [3.8, 4) is 0 Å². The van der Waals surface area contributed by atoms with Crippen LogP contribution in [0.2, 0.25) is 0 Å². The molecule has 0 saturated carbocycles. The largest absolute Gasteiger partial charge is 0.379 e. The smallest absolute Gasteiger partial charge is 0.0700 e. The quantitative estimate of drug-likeness (QED) is 0.603. The highest BCUT2D eigenvalue weighted by Gasteiger charge is 2.13. The van der Waals surface area contributed by atoms with Crippen molar-refractivity contribution < 1.29 is 9.47 Å². The summed E-state index contributed by atoms with van der Waals surface area (Å²) in [5.74, 6) is 0.839. The van der Waals surface area contributed by atoms with Crippen LogP contribution >= 0.6 is 0 Å². The molecule has 1 rings (SSSR count). The van der Waals surface area contributed by atoms with Gasteiger partial charge in [0.1, 0.15) is 0 Å². The Hall–Kier alpha value is -0.120. The van der Waals surface area contributed by atoms with E-state index in [0.717, 1.165) is 38.8 Å². The third kappa shape index (κ3) is 5.58. The Labute approximate surface area is 87.2 Å². The lowest BCUT2D eigenvalue weighted by Gasteiger charge is -2.08. The van der Waals surface area contributed by atoms with Crippen LogP contribution in [0.1, 0.15) is 26.2 Å². The highest BCUT2D eigenvalue weighted by atomic mass is 16.5. The van der Waals surface area contributed by atoms with E-state index in [2.05, 4.69) is 12.2 Å². The molecular formula is C11H23NO2. The molecule has 0 bridgehead atoms. The van der Waals surface area contributed by atoms with Gasteiger partial charge in [0.05, 0.1) is 13.2 Å². The van der Waals surface area contributed by atoms with Gasteiger partial charge >= 0.3 is 0 Å². The van der Waals surface area contributed by atoms with Crippen LogP contribution in [0.4, 0.5) is 0 Å². The zero-order chi connectivity index (χ0) is 10.1. The second-order valence-corrected chi connectivity index (χ2v) is 3.87. The topological polar surface area (TPSA) is 30.5 Å². The summed E-state index contributed by atoms with van der Waals surface area (Å²) in [5, 5.41) is 3.36. The van der Waals surface area contributed by atoms with Crippen molar-refractivity contribution in [2.75, 3.05) is 39.5 Å². The van der Waals surface area contributed by atoms with Crippen LogP contribution in [0.25, 0.3) is 0 Å². The van der Waals surface area contributed by atoms with E-state index in [-0.39, 0.29) is 0 Å². The maximum Gasteiger partial charge on any atom is 0.0700 e.